The molecule has 0 aliphatic rings. The zero-order valence-electron chi connectivity index (χ0n) is 10.7. The fraction of sp³-hybridized carbons (Fsp3) is 0.0625. The molecule has 3 aromatic rings. The normalized spacial score (nSPS) is 10.9. The van der Waals surface area contributed by atoms with E-state index in [9.17, 15) is 4.79 Å². The highest BCUT2D eigenvalue weighted by atomic mass is 35.5. The molecule has 1 heterocycles. The number of aromatic nitrogens is 1. The van der Waals surface area contributed by atoms with Gasteiger partial charge in [-0.05, 0) is 30.7 Å². The summed E-state index contributed by atoms with van der Waals surface area (Å²) in [7, 11) is 0. The Kier molecular flexibility index (Phi) is 3.28. The largest absolute Gasteiger partial charge is 0.354 e. The van der Waals surface area contributed by atoms with Crippen LogP contribution in [0.2, 0.25) is 10.0 Å². The Balaban J connectivity index is 2.40. The topological polar surface area (TPSA) is 32.9 Å². The maximum atomic E-state index is 11.5. The van der Waals surface area contributed by atoms with Gasteiger partial charge in [-0.1, -0.05) is 41.4 Å². The Labute approximate surface area is 126 Å². The number of halogens is 2. The molecule has 0 spiro atoms. The highest BCUT2D eigenvalue weighted by Gasteiger charge is 2.16. The van der Waals surface area contributed by atoms with E-state index in [0.29, 0.717) is 15.6 Å². The number of rotatable bonds is 2. The summed E-state index contributed by atoms with van der Waals surface area (Å²) in [5.41, 5.74) is 4.02. The Hall–Kier alpha value is -1.77. The van der Waals surface area contributed by atoms with Crippen LogP contribution in [0, 0.1) is 6.92 Å². The van der Waals surface area contributed by atoms with Gasteiger partial charge in [-0.15, -0.1) is 0 Å². The summed E-state index contributed by atoms with van der Waals surface area (Å²) < 4.78 is 0. The van der Waals surface area contributed by atoms with Crippen molar-refractivity contribution >= 4 is 40.4 Å². The number of fused-ring (bicyclic) bond motifs is 1. The predicted octanol–water partition coefficient (Wildman–Crippen LogP) is 5.26. The van der Waals surface area contributed by atoms with E-state index >= 15 is 0 Å². The van der Waals surface area contributed by atoms with Gasteiger partial charge in [0.05, 0.1) is 5.69 Å². The van der Waals surface area contributed by atoms with E-state index in [0.717, 1.165) is 34.0 Å². The van der Waals surface area contributed by atoms with Crippen molar-refractivity contribution in [2.45, 2.75) is 6.92 Å². The van der Waals surface area contributed by atoms with Gasteiger partial charge in [-0.2, -0.15) is 0 Å². The molecule has 100 valence electrons. The van der Waals surface area contributed by atoms with Gasteiger partial charge < -0.3 is 4.98 Å². The summed E-state index contributed by atoms with van der Waals surface area (Å²) in [6.45, 7) is 1.95. The molecule has 0 fully saturated rings. The average molecular weight is 304 g/mol. The van der Waals surface area contributed by atoms with Crippen molar-refractivity contribution in [1.29, 1.82) is 0 Å². The molecule has 1 aromatic heterocycles. The minimum atomic E-state index is 0.582. The van der Waals surface area contributed by atoms with Crippen molar-refractivity contribution in [3.8, 4) is 11.3 Å². The molecular formula is C16H11Cl2NO. The fourth-order valence-corrected chi connectivity index (χ4v) is 2.95. The third-order valence-corrected chi connectivity index (χ3v) is 3.92. The monoisotopic (exact) mass is 303 g/mol. The number of aromatic amines is 1. The van der Waals surface area contributed by atoms with Gasteiger partial charge in [0.2, 0.25) is 0 Å². The van der Waals surface area contributed by atoms with E-state index in [-0.39, 0.29) is 0 Å². The van der Waals surface area contributed by atoms with Crippen LogP contribution in [0.25, 0.3) is 22.2 Å². The van der Waals surface area contributed by atoms with Crippen molar-refractivity contribution in [2.24, 2.45) is 0 Å². The third kappa shape index (κ3) is 2.01. The van der Waals surface area contributed by atoms with Gasteiger partial charge in [0.25, 0.3) is 0 Å². The molecule has 0 saturated carbocycles. The van der Waals surface area contributed by atoms with Gasteiger partial charge in [-0.3, -0.25) is 4.79 Å². The van der Waals surface area contributed by atoms with Crippen LogP contribution >= 0.6 is 23.2 Å². The van der Waals surface area contributed by atoms with Crippen molar-refractivity contribution < 1.29 is 4.79 Å². The van der Waals surface area contributed by atoms with E-state index < -0.39 is 0 Å². The summed E-state index contributed by atoms with van der Waals surface area (Å²) in [6.07, 6.45) is 0.841. The molecule has 3 rings (SSSR count). The number of aryl methyl sites for hydroxylation is 1. The van der Waals surface area contributed by atoms with Crippen molar-refractivity contribution in [3.63, 3.8) is 0 Å². The van der Waals surface area contributed by atoms with E-state index in [4.69, 9.17) is 23.2 Å². The average Bonchev–Trinajstić information content (AvgIpc) is 2.77. The minimum absolute atomic E-state index is 0.582. The van der Waals surface area contributed by atoms with Crippen LogP contribution in [0.5, 0.6) is 0 Å². The number of nitrogens with one attached hydrogen (secondary N) is 1. The molecule has 1 N–H and O–H groups in total. The Morgan fingerprint density at radius 3 is 2.60 bits per heavy atom. The number of hydrogen-bond donors (Lipinski definition) is 1. The minimum Gasteiger partial charge on any atom is -0.354 e. The second kappa shape index (κ2) is 4.97. The number of hydrogen-bond acceptors (Lipinski definition) is 1. The first kappa shape index (κ1) is 13.2. The molecule has 0 unspecified atom stereocenters. The van der Waals surface area contributed by atoms with Gasteiger partial charge in [-0.25, -0.2) is 0 Å². The first-order chi connectivity index (χ1) is 9.61. The van der Waals surface area contributed by atoms with E-state index in [2.05, 4.69) is 4.98 Å². The highest BCUT2D eigenvalue weighted by Crippen LogP contribution is 2.35. The second-order valence-corrected chi connectivity index (χ2v) is 5.50. The smallest absolute Gasteiger partial charge is 0.152 e. The van der Waals surface area contributed by atoms with Crippen LogP contribution < -0.4 is 0 Å². The quantitative estimate of drug-likeness (QED) is 0.643. The molecule has 20 heavy (non-hydrogen) atoms. The van der Waals surface area contributed by atoms with Gasteiger partial charge in [0, 0.05) is 32.1 Å². The SMILES string of the molecule is Cc1cc(Cl)cc2c(C=O)c(-c3ccccc3Cl)[nH]c12. The van der Waals surface area contributed by atoms with Crippen LogP contribution in [0.4, 0.5) is 0 Å². The number of H-pyrrole nitrogens is 1. The summed E-state index contributed by atoms with van der Waals surface area (Å²) in [5, 5.41) is 2.04. The van der Waals surface area contributed by atoms with E-state index in [1.165, 1.54) is 0 Å². The van der Waals surface area contributed by atoms with Crippen LogP contribution in [0.3, 0.4) is 0 Å². The molecule has 0 atom stereocenters. The maximum Gasteiger partial charge on any atom is 0.152 e. The van der Waals surface area contributed by atoms with Crippen molar-refractivity contribution in [1.82, 2.24) is 4.98 Å². The highest BCUT2D eigenvalue weighted by molar-refractivity contribution is 6.34. The van der Waals surface area contributed by atoms with Gasteiger partial charge >= 0.3 is 0 Å². The molecule has 4 heteroatoms. The lowest BCUT2D eigenvalue weighted by molar-refractivity contribution is 0.112. The summed E-state index contributed by atoms with van der Waals surface area (Å²) >= 11 is 12.3. The predicted molar refractivity (Wildman–Crippen MR) is 83.9 cm³/mol. The Morgan fingerprint density at radius 2 is 1.90 bits per heavy atom. The van der Waals surface area contributed by atoms with Crippen molar-refractivity contribution in [3.05, 3.63) is 57.6 Å². The molecule has 2 nitrogen and oxygen atoms in total. The standard InChI is InChI=1S/C16H11Cl2NO/c1-9-6-10(17)7-12-13(8-20)16(19-15(9)12)11-4-2-3-5-14(11)18/h2-8,19H,1H3. The summed E-state index contributed by atoms with van der Waals surface area (Å²) in [6, 6.07) is 11.1. The third-order valence-electron chi connectivity index (χ3n) is 3.37. The molecule has 0 saturated heterocycles. The van der Waals surface area contributed by atoms with Crippen LogP contribution in [0.15, 0.2) is 36.4 Å². The zero-order chi connectivity index (χ0) is 14.3. The summed E-state index contributed by atoms with van der Waals surface area (Å²) in [5.74, 6) is 0. The molecule has 0 radical (unpaired) electrons. The first-order valence-corrected chi connectivity index (χ1v) is 6.89. The Morgan fingerprint density at radius 1 is 1.15 bits per heavy atom. The van der Waals surface area contributed by atoms with E-state index in [1.54, 1.807) is 12.1 Å². The summed E-state index contributed by atoms with van der Waals surface area (Å²) in [4.78, 5) is 14.8. The van der Waals surface area contributed by atoms with Crippen LogP contribution in [0.1, 0.15) is 15.9 Å². The molecule has 2 aromatic carbocycles. The van der Waals surface area contributed by atoms with Crippen molar-refractivity contribution in [2.75, 3.05) is 0 Å². The lowest BCUT2D eigenvalue weighted by atomic mass is 10.1. The number of carbonyl (C=O) groups excluding carboxylic acids is 1. The number of carbonyl (C=O) groups is 1. The lowest BCUT2D eigenvalue weighted by Gasteiger charge is -2.02. The Bertz CT molecular complexity index is 821. The number of benzene rings is 2. The fourth-order valence-electron chi connectivity index (χ4n) is 2.45. The first-order valence-electron chi connectivity index (χ1n) is 6.13. The zero-order valence-corrected chi connectivity index (χ0v) is 12.2. The lowest BCUT2D eigenvalue weighted by Crippen LogP contribution is -1.85. The van der Waals surface area contributed by atoms with Gasteiger partial charge in [0.1, 0.15) is 0 Å². The maximum absolute atomic E-state index is 11.5. The molecule has 0 aliphatic heterocycles. The molecular weight excluding hydrogens is 293 g/mol. The van der Waals surface area contributed by atoms with Crippen LogP contribution in [-0.4, -0.2) is 11.3 Å². The second-order valence-electron chi connectivity index (χ2n) is 4.66. The molecule has 0 aliphatic carbocycles. The van der Waals surface area contributed by atoms with Gasteiger partial charge in [0.15, 0.2) is 6.29 Å². The number of aldehydes is 1. The molecule has 0 amide bonds. The molecule has 0 bridgehead atoms. The van der Waals surface area contributed by atoms with E-state index in [1.807, 2.05) is 31.2 Å². The van der Waals surface area contributed by atoms with Crippen LogP contribution in [-0.2, 0) is 0 Å².